The molecule has 1 fully saturated rings. The zero-order valence-electron chi connectivity index (χ0n) is 24.6. The number of thiophene rings is 1. The van der Waals surface area contributed by atoms with Crippen molar-refractivity contribution >= 4 is 44.4 Å². The first-order chi connectivity index (χ1) is 20.2. The number of nitrogens with zero attached hydrogens (tertiary/aromatic N) is 6. The summed E-state index contributed by atoms with van der Waals surface area (Å²) in [5.41, 5.74) is 1.26. The fraction of sp³-hybridized carbons (Fsp3) is 0.484. The van der Waals surface area contributed by atoms with Gasteiger partial charge in [0.1, 0.15) is 22.1 Å². The van der Waals surface area contributed by atoms with Crippen molar-refractivity contribution in [2.24, 2.45) is 0 Å². The van der Waals surface area contributed by atoms with Gasteiger partial charge in [-0.05, 0) is 70.3 Å². The zero-order chi connectivity index (χ0) is 29.4. The van der Waals surface area contributed by atoms with Crippen LogP contribution in [0.3, 0.4) is 0 Å². The first-order valence-corrected chi connectivity index (χ1v) is 15.6. The van der Waals surface area contributed by atoms with Crippen LogP contribution in [0, 0.1) is 0 Å². The van der Waals surface area contributed by atoms with Crippen molar-refractivity contribution < 1.29 is 9.53 Å². The first kappa shape index (κ1) is 28.4. The number of benzene rings is 1. The van der Waals surface area contributed by atoms with E-state index < -0.39 is 5.60 Å². The normalized spacial score (nSPS) is 16.3. The molecule has 0 atom stereocenters. The molecule has 0 radical (unpaired) electrons. The maximum atomic E-state index is 13.3. The van der Waals surface area contributed by atoms with E-state index >= 15 is 0 Å². The Morgan fingerprint density at radius 1 is 1.02 bits per heavy atom. The number of aryl methyl sites for hydroxylation is 1. The highest BCUT2D eigenvalue weighted by Crippen LogP contribution is 2.33. The van der Waals surface area contributed by atoms with Crippen molar-refractivity contribution in [1.29, 1.82) is 0 Å². The standard InChI is InChI=1S/C31H39N7O3S/c1-31(2,3)41-30(40)37-15-13-22-24(20-37)42-28-27(22)29(39)38(32)26(34-28)10-6-7-14-35-16-18-36(19-17-35)25-12-11-21-8-4-5-9-23(21)33-25/h4-5,8-9,11-12H,6-7,10,13-20,32H2,1-3H3. The smallest absolute Gasteiger partial charge is 0.410 e. The third kappa shape index (κ3) is 5.94. The van der Waals surface area contributed by atoms with Crippen LogP contribution in [0.2, 0.25) is 0 Å². The average molecular weight is 590 g/mol. The number of fused-ring (bicyclic) bond motifs is 4. The molecule has 6 rings (SSSR count). The third-order valence-electron chi connectivity index (χ3n) is 8.04. The van der Waals surface area contributed by atoms with Gasteiger partial charge in [-0.25, -0.2) is 19.4 Å². The fourth-order valence-corrected chi connectivity index (χ4v) is 7.05. The molecule has 42 heavy (non-hydrogen) atoms. The van der Waals surface area contributed by atoms with E-state index in [2.05, 4.69) is 34.1 Å². The summed E-state index contributed by atoms with van der Waals surface area (Å²) in [5, 5.41) is 1.77. The SMILES string of the molecule is CC(C)(C)OC(=O)N1CCc2c(sc3nc(CCCCN4CCN(c5ccc6ccccc6n5)CC4)n(N)c(=O)c23)C1. The van der Waals surface area contributed by atoms with E-state index in [1.54, 1.807) is 4.90 Å². The highest BCUT2D eigenvalue weighted by atomic mass is 32.1. The lowest BCUT2D eigenvalue weighted by atomic mass is 10.1. The third-order valence-corrected chi connectivity index (χ3v) is 9.15. The summed E-state index contributed by atoms with van der Waals surface area (Å²) in [7, 11) is 0. The number of unbranched alkanes of at least 4 members (excludes halogenated alkanes) is 1. The van der Waals surface area contributed by atoms with Gasteiger partial charge >= 0.3 is 6.09 Å². The number of hydrogen-bond donors (Lipinski definition) is 1. The van der Waals surface area contributed by atoms with Gasteiger partial charge in [-0.2, -0.15) is 0 Å². The second kappa shape index (κ2) is 11.5. The van der Waals surface area contributed by atoms with Crippen LogP contribution in [-0.4, -0.2) is 75.4 Å². The molecule has 5 heterocycles. The number of pyridine rings is 1. The lowest BCUT2D eigenvalue weighted by Crippen LogP contribution is -2.46. The Kier molecular flexibility index (Phi) is 7.80. The lowest BCUT2D eigenvalue weighted by molar-refractivity contribution is 0.0227. The summed E-state index contributed by atoms with van der Waals surface area (Å²) in [6, 6.07) is 12.5. The van der Waals surface area contributed by atoms with Gasteiger partial charge in [0.15, 0.2) is 0 Å². The summed E-state index contributed by atoms with van der Waals surface area (Å²) in [5.74, 6) is 7.91. The molecule has 222 valence electrons. The Labute approximate surface area is 249 Å². The molecule has 2 aliphatic rings. The predicted octanol–water partition coefficient (Wildman–Crippen LogP) is 4.16. The number of ether oxygens (including phenoxy) is 1. The number of amides is 1. The molecule has 0 bridgehead atoms. The van der Waals surface area contributed by atoms with E-state index in [-0.39, 0.29) is 11.7 Å². The number of nitrogens with two attached hydrogens (primary N) is 1. The molecule has 1 amide bonds. The minimum atomic E-state index is -0.551. The number of carbonyl (C=O) groups is 1. The molecule has 0 unspecified atom stereocenters. The molecule has 11 heteroatoms. The summed E-state index contributed by atoms with van der Waals surface area (Å²) in [6.07, 6.45) is 2.82. The summed E-state index contributed by atoms with van der Waals surface area (Å²) < 4.78 is 6.78. The van der Waals surface area contributed by atoms with Gasteiger partial charge in [-0.15, -0.1) is 11.3 Å². The van der Waals surface area contributed by atoms with E-state index in [0.717, 1.165) is 67.3 Å². The van der Waals surface area contributed by atoms with Gasteiger partial charge < -0.3 is 20.4 Å². The molecule has 0 aliphatic carbocycles. The Bertz CT molecular complexity index is 1670. The molecule has 2 aliphatic heterocycles. The van der Waals surface area contributed by atoms with E-state index in [4.69, 9.17) is 20.5 Å². The quantitative estimate of drug-likeness (QED) is 0.264. The fourth-order valence-electron chi connectivity index (χ4n) is 5.81. The van der Waals surface area contributed by atoms with Gasteiger partial charge in [0, 0.05) is 49.4 Å². The van der Waals surface area contributed by atoms with Crippen molar-refractivity contribution in [3.63, 3.8) is 0 Å². The summed E-state index contributed by atoms with van der Waals surface area (Å²) in [6.45, 7) is 11.4. The van der Waals surface area contributed by atoms with Crippen LogP contribution in [0.15, 0.2) is 41.2 Å². The van der Waals surface area contributed by atoms with Crippen LogP contribution in [0.1, 0.15) is 49.9 Å². The maximum absolute atomic E-state index is 13.3. The number of rotatable bonds is 6. The summed E-state index contributed by atoms with van der Waals surface area (Å²) in [4.78, 5) is 43.8. The predicted molar refractivity (Wildman–Crippen MR) is 168 cm³/mol. The Balaban J connectivity index is 1.03. The topological polar surface area (TPSA) is 110 Å². The Hall–Kier alpha value is -3.70. The van der Waals surface area contributed by atoms with Gasteiger partial charge in [0.25, 0.3) is 5.56 Å². The first-order valence-electron chi connectivity index (χ1n) is 14.8. The number of para-hydroxylation sites is 1. The van der Waals surface area contributed by atoms with Crippen LogP contribution in [0.5, 0.6) is 0 Å². The van der Waals surface area contributed by atoms with Crippen LogP contribution in [0.4, 0.5) is 10.6 Å². The highest BCUT2D eigenvalue weighted by molar-refractivity contribution is 7.18. The van der Waals surface area contributed by atoms with Crippen molar-refractivity contribution in [3.8, 4) is 0 Å². The minimum absolute atomic E-state index is 0.198. The van der Waals surface area contributed by atoms with Crippen LogP contribution < -0.4 is 16.3 Å². The van der Waals surface area contributed by atoms with Crippen molar-refractivity contribution in [2.75, 3.05) is 50.0 Å². The van der Waals surface area contributed by atoms with E-state index in [9.17, 15) is 9.59 Å². The minimum Gasteiger partial charge on any atom is -0.444 e. The zero-order valence-corrected chi connectivity index (χ0v) is 25.5. The van der Waals surface area contributed by atoms with Gasteiger partial charge in [-0.1, -0.05) is 18.2 Å². The average Bonchev–Trinajstić information content (AvgIpc) is 3.34. The molecule has 1 aromatic carbocycles. The van der Waals surface area contributed by atoms with E-state index in [0.29, 0.717) is 42.0 Å². The Morgan fingerprint density at radius 2 is 1.81 bits per heavy atom. The number of hydrogen-bond acceptors (Lipinski definition) is 9. The molecule has 4 aromatic rings. The molecule has 1 saturated heterocycles. The van der Waals surface area contributed by atoms with Crippen LogP contribution in [0.25, 0.3) is 21.1 Å². The maximum Gasteiger partial charge on any atom is 0.410 e. The largest absolute Gasteiger partial charge is 0.444 e. The van der Waals surface area contributed by atoms with Crippen LogP contribution >= 0.6 is 11.3 Å². The lowest BCUT2D eigenvalue weighted by Gasteiger charge is -2.35. The van der Waals surface area contributed by atoms with Crippen LogP contribution in [-0.2, 0) is 24.1 Å². The van der Waals surface area contributed by atoms with E-state index in [1.165, 1.54) is 21.4 Å². The van der Waals surface area contributed by atoms with Gasteiger partial charge in [-0.3, -0.25) is 9.69 Å². The molecular weight excluding hydrogens is 550 g/mol. The highest BCUT2D eigenvalue weighted by Gasteiger charge is 2.29. The molecule has 10 nitrogen and oxygen atoms in total. The molecule has 0 saturated carbocycles. The molecular formula is C31H39N7O3S. The number of carbonyl (C=O) groups excluding carboxylic acids is 1. The van der Waals surface area contributed by atoms with Crippen molar-refractivity contribution in [3.05, 3.63) is 63.0 Å². The molecule has 2 N–H and O–H groups in total. The molecule has 3 aromatic heterocycles. The van der Waals surface area contributed by atoms with Gasteiger partial charge in [0.2, 0.25) is 0 Å². The number of piperazine rings is 1. The summed E-state index contributed by atoms with van der Waals surface area (Å²) >= 11 is 1.49. The number of aromatic nitrogens is 3. The van der Waals surface area contributed by atoms with E-state index in [1.807, 2.05) is 32.9 Å². The van der Waals surface area contributed by atoms with Crippen molar-refractivity contribution in [1.82, 2.24) is 24.4 Å². The van der Waals surface area contributed by atoms with Gasteiger partial charge in [0.05, 0.1) is 17.4 Å². The second-order valence-corrected chi connectivity index (χ2v) is 13.3. The Morgan fingerprint density at radius 3 is 2.60 bits per heavy atom. The number of anilines is 1. The monoisotopic (exact) mass is 589 g/mol. The van der Waals surface area contributed by atoms with Crippen molar-refractivity contribution in [2.45, 2.75) is 58.6 Å². The number of nitrogen functional groups attached to an aromatic ring is 1. The second-order valence-electron chi connectivity index (χ2n) is 12.2. The molecule has 0 spiro atoms.